The minimum atomic E-state index is -0.692. The average Bonchev–Trinajstić information content (AvgIpc) is 2.54. The van der Waals surface area contributed by atoms with Gasteiger partial charge < -0.3 is 10.2 Å². The summed E-state index contributed by atoms with van der Waals surface area (Å²) < 4.78 is 0. The number of hydrogen-bond acceptors (Lipinski definition) is 3. The molecule has 0 bridgehead atoms. The lowest BCUT2D eigenvalue weighted by Crippen LogP contribution is -2.54. The third-order valence-corrected chi connectivity index (χ3v) is 5.16. The van der Waals surface area contributed by atoms with Crippen molar-refractivity contribution in [3.63, 3.8) is 0 Å². The Kier molecular flexibility index (Phi) is 5.10. The summed E-state index contributed by atoms with van der Waals surface area (Å²) in [5.74, 6) is -0.0306. The third kappa shape index (κ3) is 3.11. The molecule has 5 heteroatoms. The van der Waals surface area contributed by atoms with Crippen molar-refractivity contribution in [2.24, 2.45) is 0 Å². The molecule has 0 atom stereocenters. The molecule has 118 valence electrons. The maximum absolute atomic E-state index is 12.7. The van der Waals surface area contributed by atoms with E-state index >= 15 is 0 Å². The van der Waals surface area contributed by atoms with Crippen molar-refractivity contribution in [1.29, 1.82) is 5.26 Å². The Hall–Kier alpha value is -1.57. The molecule has 1 aromatic carbocycles. The maximum atomic E-state index is 12.7. The van der Waals surface area contributed by atoms with Crippen LogP contribution in [0, 0.1) is 25.2 Å². The standard InChI is InChI=1S/C17H22ClN3O/c1-12-4-5-15(18)13(2)14(12)10-16(22)21(3)17(11-19)6-8-20-9-7-17/h4-5,20H,6-10H2,1-3H3. The second kappa shape index (κ2) is 6.68. The molecule has 1 amide bonds. The van der Waals surface area contributed by atoms with E-state index in [-0.39, 0.29) is 12.3 Å². The zero-order valence-electron chi connectivity index (χ0n) is 13.4. The molecule has 2 rings (SSSR count). The fourth-order valence-corrected chi connectivity index (χ4v) is 3.18. The van der Waals surface area contributed by atoms with Gasteiger partial charge in [0.25, 0.3) is 0 Å². The maximum Gasteiger partial charge on any atom is 0.228 e. The summed E-state index contributed by atoms with van der Waals surface area (Å²) in [5, 5.41) is 13.5. The van der Waals surface area contributed by atoms with Crippen LogP contribution in [0.3, 0.4) is 0 Å². The first-order valence-corrected chi connectivity index (χ1v) is 7.92. The number of benzene rings is 1. The molecule has 0 aliphatic carbocycles. The molecule has 1 heterocycles. The van der Waals surface area contributed by atoms with Crippen LogP contribution in [0.1, 0.15) is 29.5 Å². The molecule has 0 saturated carbocycles. The normalized spacial score (nSPS) is 16.9. The topological polar surface area (TPSA) is 56.1 Å². The second-order valence-corrected chi connectivity index (χ2v) is 6.40. The molecular weight excluding hydrogens is 298 g/mol. The minimum Gasteiger partial charge on any atom is -0.327 e. The first kappa shape index (κ1) is 16.8. The zero-order chi connectivity index (χ0) is 16.3. The highest BCUT2D eigenvalue weighted by Gasteiger charge is 2.38. The first-order valence-electron chi connectivity index (χ1n) is 7.54. The SMILES string of the molecule is Cc1ccc(Cl)c(C)c1CC(=O)N(C)C1(C#N)CCNCC1. The number of aryl methyl sites for hydroxylation is 1. The number of nitrogens with one attached hydrogen (secondary N) is 1. The monoisotopic (exact) mass is 319 g/mol. The van der Waals surface area contributed by atoms with Crippen molar-refractivity contribution < 1.29 is 4.79 Å². The van der Waals surface area contributed by atoms with E-state index in [0.29, 0.717) is 17.9 Å². The van der Waals surface area contributed by atoms with Crippen molar-refractivity contribution in [2.75, 3.05) is 20.1 Å². The van der Waals surface area contributed by atoms with E-state index < -0.39 is 5.54 Å². The molecule has 22 heavy (non-hydrogen) atoms. The van der Waals surface area contributed by atoms with Crippen molar-refractivity contribution in [2.45, 2.75) is 38.6 Å². The number of carbonyl (C=O) groups excluding carboxylic acids is 1. The molecule has 1 N–H and O–H groups in total. The molecular formula is C17H22ClN3O. The van der Waals surface area contributed by atoms with Gasteiger partial charge in [0, 0.05) is 12.1 Å². The quantitative estimate of drug-likeness (QED) is 0.931. The van der Waals surface area contributed by atoms with Crippen molar-refractivity contribution in [1.82, 2.24) is 10.2 Å². The Morgan fingerprint density at radius 3 is 2.64 bits per heavy atom. The summed E-state index contributed by atoms with van der Waals surface area (Å²) in [6, 6.07) is 6.15. The molecule has 1 aromatic rings. The lowest BCUT2D eigenvalue weighted by Gasteiger charge is -2.39. The predicted molar refractivity (Wildman–Crippen MR) is 87.8 cm³/mol. The van der Waals surface area contributed by atoms with E-state index in [1.165, 1.54) is 0 Å². The van der Waals surface area contributed by atoms with Gasteiger partial charge in [-0.2, -0.15) is 5.26 Å². The van der Waals surface area contributed by atoms with Gasteiger partial charge in [-0.25, -0.2) is 0 Å². The number of nitrogens with zero attached hydrogens (tertiary/aromatic N) is 2. The van der Waals surface area contributed by atoms with Gasteiger partial charge in [0.05, 0.1) is 12.5 Å². The summed E-state index contributed by atoms with van der Waals surface area (Å²) in [6.45, 7) is 5.44. The Balaban J connectivity index is 2.22. The third-order valence-electron chi connectivity index (χ3n) is 4.75. The van der Waals surface area contributed by atoms with Crippen LogP contribution in [0.25, 0.3) is 0 Å². The van der Waals surface area contributed by atoms with E-state index in [2.05, 4.69) is 11.4 Å². The predicted octanol–water partition coefficient (Wildman–Crippen LogP) is 2.60. The number of nitriles is 1. The van der Waals surface area contributed by atoms with Crippen LogP contribution in [0.5, 0.6) is 0 Å². The Labute approximate surface area is 137 Å². The van der Waals surface area contributed by atoms with Crippen LogP contribution < -0.4 is 5.32 Å². The molecule has 1 aliphatic rings. The van der Waals surface area contributed by atoms with Crippen LogP contribution >= 0.6 is 11.6 Å². The summed E-state index contributed by atoms with van der Waals surface area (Å²) in [5.41, 5.74) is 2.27. The van der Waals surface area contributed by atoms with Gasteiger partial charge >= 0.3 is 0 Å². The van der Waals surface area contributed by atoms with E-state index in [0.717, 1.165) is 29.8 Å². The number of piperidine rings is 1. The number of hydrogen-bond donors (Lipinski definition) is 1. The highest BCUT2D eigenvalue weighted by Crippen LogP contribution is 2.27. The largest absolute Gasteiger partial charge is 0.327 e. The first-order chi connectivity index (χ1) is 10.4. The summed E-state index contributed by atoms with van der Waals surface area (Å²) in [7, 11) is 1.74. The van der Waals surface area contributed by atoms with Gasteiger partial charge in [0.15, 0.2) is 0 Å². The second-order valence-electron chi connectivity index (χ2n) is 5.99. The molecule has 1 aliphatic heterocycles. The highest BCUT2D eigenvalue weighted by molar-refractivity contribution is 6.31. The molecule has 0 radical (unpaired) electrons. The van der Waals surface area contributed by atoms with E-state index in [1.807, 2.05) is 26.0 Å². The van der Waals surface area contributed by atoms with Crippen molar-refractivity contribution in [3.8, 4) is 6.07 Å². The summed E-state index contributed by atoms with van der Waals surface area (Å²) in [6.07, 6.45) is 1.62. The molecule has 0 unspecified atom stereocenters. The van der Waals surface area contributed by atoms with Crippen LogP contribution in [-0.2, 0) is 11.2 Å². The molecule has 1 saturated heterocycles. The number of carbonyl (C=O) groups is 1. The molecule has 4 nitrogen and oxygen atoms in total. The number of amides is 1. The fourth-order valence-electron chi connectivity index (χ4n) is 3.01. The van der Waals surface area contributed by atoms with Crippen molar-refractivity contribution >= 4 is 17.5 Å². The van der Waals surface area contributed by atoms with E-state index in [4.69, 9.17) is 11.6 Å². The lowest BCUT2D eigenvalue weighted by atomic mass is 9.87. The number of likely N-dealkylation sites (N-methyl/N-ethyl adjacent to an activating group) is 1. The number of halogens is 1. The van der Waals surface area contributed by atoms with Gasteiger partial charge in [-0.1, -0.05) is 17.7 Å². The summed E-state index contributed by atoms with van der Waals surface area (Å²) in [4.78, 5) is 14.3. The Morgan fingerprint density at radius 2 is 2.05 bits per heavy atom. The Morgan fingerprint density at radius 1 is 1.41 bits per heavy atom. The molecule has 0 aromatic heterocycles. The van der Waals surface area contributed by atoms with E-state index in [9.17, 15) is 10.1 Å². The van der Waals surface area contributed by atoms with E-state index in [1.54, 1.807) is 11.9 Å². The highest BCUT2D eigenvalue weighted by atomic mass is 35.5. The lowest BCUT2D eigenvalue weighted by molar-refractivity contribution is -0.133. The van der Waals surface area contributed by atoms with Gasteiger partial charge in [-0.3, -0.25) is 4.79 Å². The van der Waals surface area contributed by atoms with Gasteiger partial charge in [0.1, 0.15) is 5.54 Å². The van der Waals surface area contributed by atoms with Gasteiger partial charge in [-0.05, 0) is 62.5 Å². The average molecular weight is 320 g/mol. The van der Waals surface area contributed by atoms with Crippen molar-refractivity contribution in [3.05, 3.63) is 33.8 Å². The summed E-state index contributed by atoms with van der Waals surface area (Å²) >= 11 is 6.17. The Bertz CT molecular complexity index is 615. The van der Waals surface area contributed by atoms with Crippen LogP contribution in [0.15, 0.2) is 12.1 Å². The minimum absolute atomic E-state index is 0.0306. The zero-order valence-corrected chi connectivity index (χ0v) is 14.1. The van der Waals surface area contributed by atoms with Gasteiger partial charge in [-0.15, -0.1) is 0 Å². The fraction of sp³-hybridized carbons (Fsp3) is 0.529. The van der Waals surface area contributed by atoms with Gasteiger partial charge in [0.2, 0.25) is 5.91 Å². The molecule has 0 spiro atoms. The van der Waals surface area contributed by atoms with Crippen LogP contribution in [0.2, 0.25) is 5.02 Å². The van der Waals surface area contributed by atoms with Crippen LogP contribution in [-0.4, -0.2) is 36.5 Å². The number of rotatable bonds is 3. The molecule has 1 fully saturated rings. The van der Waals surface area contributed by atoms with Crippen LogP contribution in [0.4, 0.5) is 0 Å². The smallest absolute Gasteiger partial charge is 0.228 e.